The first-order chi connectivity index (χ1) is 13.4. The number of nitrogens with one attached hydrogen (secondary N) is 1. The molecular weight excluding hydrogens is 372 g/mol. The number of aryl methyl sites for hydroxylation is 1. The van der Waals surface area contributed by atoms with Crippen molar-refractivity contribution >= 4 is 39.1 Å². The normalized spacial score (nSPS) is 11.0. The molecule has 0 saturated carbocycles. The Kier molecular flexibility index (Phi) is 6.38. The van der Waals surface area contributed by atoms with Crippen LogP contribution in [-0.2, 0) is 16.1 Å². The minimum absolute atomic E-state index is 0.0156. The Labute approximate surface area is 168 Å². The molecule has 0 bridgehead atoms. The third-order valence-electron chi connectivity index (χ3n) is 4.29. The minimum Gasteiger partial charge on any atom is -0.335 e. The van der Waals surface area contributed by atoms with Gasteiger partial charge in [-0.05, 0) is 38.2 Å². The van der Waals surface area contributed by atoms with E-state index in [0.29, 0.717) is 6.54 Å². The van der Waals surface area contributed by atoms with Crippen molar-refractivity contribution in [3.05, 3.63) is 59.1 Å². The molecule has 3 aromatic rings. The smallest absolute Gasteiger partial charge is 0.243 e. The third-order valence-corrected chi connectivity index (χ3v) is 5.31. The molecule has 2 amide bonds. The third kappa shape index (κ3) is 5.37. The van der Waals surface area contributed by atoms with E-state index in [1.54, 1.807) is 18.4 Å². The van der Waals surface area contributed by atoms with Crippen LogP contribution in [0.5, 0.6) is 0 Å². The number of fused-ring (bicyclic) bond motifs is 1. The molecule has 7 heteroatoms. The molecule has 0 fully saturated rings. The van der Waals surface area contributed by atoms with Crippen LogP contribution in [0, 0.1) is 6.92 Å². The predicted molar refractivity (Wildman–Crippen MR) is 113 cm³/mol. The van der Waals surface area contributed by atoms with Gasteiger partial charge in [0, 0.05) is 12.7 Å². The van der Waals surface area contributed by atoms with E-state index in [1.165, 1.54) is 4.90 Å². The fourth-order valence-electron chi connectivity index (χ4n) is 2.77. The van der Waals surface area contributed by atoms with Gasteiger partial charge in [0.15, 0.2) is 0 Å². The Bertz CT molecular complexity index is 935. The number of carbonyl (C=O) groups is 2. The van der Waals surface area contributed by atoms with Crippen molar-refractivity contribution in [3.8, 4) is 0 Å². The summed E-state index contributed by atoms with van der Waals surface area (Å²) in [6.45, 7) is 2.82. The first-order valence-electron chi connectivity index (χ1n) is 9.04. The largest absolute Gasteiger partial charge is 0.335 e. The van der Waals surface area contributed by atoms with Crippen molar-refractivity contribution in [3.63, 3.8) is 0 Å². The van der Waals surface area contributed by atoms with Gasteiger partial charge in [0.1, 0.15) is 5.01 Å². The molecule has 0 spiro atoms. The van der Waals surface area contributed by atoms with Gasteiger partial charge in [-0.25, -0.2) is 4.98 Å². The summed E-state index contributed by atoms with van der Waals surface area (Å²) in [6.07, 6.45) is 0. The molecule has 1 heterocycles. The molecular formula is C21H24N4O2S. The molecule has 146 valence electrons. The van der Waals surface area contributed by atoms with Crippen LogP contribution in [0.25, 0.3) is 10.2 Å². The summed E-state index contributed by atoms with van der Waals surface area (Å²) in [5.74, 6) is -0.323. The molecule has 1 N–H and O–H groups in total. The molecule has 3 rings (SSSR count). The van der Waals surface area contributed by atoms with Crippen molar-refractivity contribution in [1.82, 2.24) is 14.8 Å². The van der Waals surface area contributed by atoms with Crippen LogP contribution >= 0.6 is 11.3 Å². The molecule has 28 heavy (non-hydrogen) atoms. The van der Waals surface area contributed by atoms with Crippen LogP contribution in [0.4, 0.5) is 5.69 Å². The van der Waals surface area contributed by atoms with E-state index in [-0.39, 0.29) is 24.9 Å². The fraction of sp³-hybridized carbons (Fsp3) is 0.286. The number of carbonyl (C=O) groups excluding carboxylic acids is 2. The highest BCUT2D eigenvalue weighted by atomic mass is 32.1. The van der Waals surface area contributed by atoms with Crippen LogP contribution in [0.2, 0.25) is 0 Å². The number of hydrogen-bond donors (Lipinski definition) is 1. The van der Waals surface area contributed by atoms with Gasteiger partial charge in [0.25, 0.3) is 0 Å². The van der Waals surface area contributed by atoms with Gasteiger partial charge in [-0.2, -0.15) is 0 Å². The predicted octanol–water partition coefficient (Wildman–Crippen LogP) is 3.13. The van der Waals surface area contributed by atoms with Crippen LogP contribution in [0.3, 0.4) is 0 Å². The van der Waals surface area contributed by atoms with E-state index in [2.05, 4.69) is 10.3 Å². The van der Waals surface area contributed by atoms with Gasteiger partial charge in [0.05, 0.1) is 29.9 Å². The number of likely N-dealkylation sites (N-methyl/N-ethyl adjacent to an activating group) is 2. The lowest BCUT2D eigenvalue weighted by Gasteiger charge is -2.21. The van der Waals surface area contributed by atoms with Crippen molar-refractivity contribution < 1.29 is 9.59 Å². The molecule has 6 nitrogen and oxygen atoms in total. The molecule has 0 saturated heterocycles. The summed E-state index contributed by atoms with van der Waals surface area (Å²) in [7, 11) is 3.52. The summed E-state index contributed by atoms with van der Waals surface area (Å²) >= 11 is 1.63. The van der Waals surface area contributed by atoms with E-state index in [4.69, 9.17) is 0 Å². The molecule has 0 aliphatic heterocycles. The summed E-state index contributed by atoms with van der Waals surface area (Å²) in [6, 6.07) is 15.6. The highest BCUT2D eigenvalue weighted by molar-refractivity contribution is 7.18. The lowest BCUT2D eigenvalue weighted by Crippen LogP contribution is -2.40. The van der Waals surface area contributed by atoms with Crippen LogP contribution < -0.4 is 5.32 Å². The van der Waals surface area contributed by atoms with E-state index in [1.807, 2.05) is 67.4 Å². The molecule has 2 aromatic carbocycles. The van der Waals surface area contributed by atoms with E-state index >= 15 is 0 Å². The average Bonchev–Trinajstić information content (AvgIpc) is 3.05. The minimum atomic E-state index is -0.214. The first kappa shape index (κ1) is 20.0. The lowest BCUT2D eigenvalue weighted by atomic mass is 10.2. The topological polar surface area (TPSA) is 65.5 Å². The Balaban J connectivity index is 1.48. The first-order valence-corrected chi connectivity index (χ1v) is 9.86. The van der Waals surface area contributed by atoms with E-state index in [0.717, 1.165) is 26.5 Å². The number of nitrogens with zero attached hydrogens (tertiary/aromatic N) is 3. The van der Waals surface area contributed by atoms with Crippen molar-refractivity contribution in [2.75, 3.05) is 32.5 Å². The van der Waals surface area contributed by atoms with Crippen LogP contribution in [0.15, 0.2) is 48.5 Å². The lowest BCUT2D eigenvalue weighted by molar-refractivity contribution is -0.134. The maximum atomic E-state index is 12.4. The van der Waals surface area contributed by atoms with Crippen molar-refractivity contribution in [2.45, 2.75) is 13.5 Å². The zero-order chi connectivity index (χ0) is 20.1. The number of para-hydroxylation sites is 1. The second-order valence-electron chi connectivity index (χ2n) is 6.91. The van der Waals surface area contributed by atoms with Crippen LogP contribution in [0.1, 0.15) is 10.6 Å². The van der Waals surface area contributed by atoms with Gasteiger partial charge >= 0.3 is 0 Å². The van der Waals surface area contributed by atoms with Gasteiger partial charge in [0.2, 0.25) is 11.8 Å². The highest BCUT2D eigenvalue weighted by Gasteiger charge is 2.16. The molecule has 0 radical (unpaired) electrons. The van der Waals surface area contributed by atoms with Crippen molar-refractivity contribution in [1.29, 1.82) is 0 Å². The fourth-order valence-corrected chi connectivity index (χ4v) is 3.81. The Hall–Kier alpha value is -2.77. The summed E-state index contributed by atoms with van der Waals surface area (Å²) in [5.41, 5.74) is 2.83. The number of aromatic nitrogens is 1. The zero-order valence-corrected chi connectivity index (χ0v) is 17.1. The monoisotopic (exact) mass is 396 g/mol. The van der Waals surface area contributed by atoms with Gasteiger partial charge in [-0.1, -0.05) is 29.8 Å². The Morgan fingerprint density at radius 3 is 2.46 bits per heavy atom. The molecule has 0 unspecified atom stereocenters. The average molecular weight is 397 g/mol. The molecule has 0 atom stereocenters. The highest BCUT2D eigenvalue weighted by Crippen LogP contribution is 2.22. The number of anilines is 1. The van der Waals surface area contributed by atoms with Gasteiger partial charge in [-0.3, -0.25) is 14.5 Å². The number of amides is 2. The van der Waals surface area contributed by atoms with Crippen LogP contribution in [-0.4, -0.2) is 53.8 Å². The number of rotatable bonds is 7. The SMILES string of the molecule is Cc1ccc(NC(=O)CN(C)C(=O)CN(C)Cc2nc3ccccc3s2)cc1. The molecule has 0 aliphatic carbocycles. The zero-order valence-electron chi connectivity index (χ0n) is 16.3. The Morgan fingerprint density at radius 2 is 1.75 bits per heavy atom. The number of thiazole rings is 1. The number of benzene rings is 2. The quantitative estimate of drug-likeness (QED) is 0.666. The van der Waals surface area contributed by atoms with Gasteiger partial charge in [-0.15, -0.1) is 11.3 Å². The second kappa shape index (κ2) is 8.95. The summed E-state index contributed by atoms with van der Waals surface area (Å²) in [4.78, 5) is 32.5. The number of hydrogen-bond acceptors (Lipinski definition) is 5. The standard InChI is InChI=1S/C21H24N4O2S/c1-15-8-10-16(11-9-15)22-19(26)12-25(3)21(27)14-24(2)13-20-23-17-6-4-5-7-18(17)28-20/h4-11H,12-14H2,1-3H3,(H,22,26). The molecule has 0 aliphatic rings. The Morgan fingerprint density at radius 1 is 1.04 bits per heavy atom. The second-order valence-corrected chi connectivity index (χ2v) is 8.03. The van der Waals surface area contributed by atoms with E-state index in [9.17, 15) is 9.59 Å². The van der Waals surface area contributed by atoms with E-state index < -0.39 is 0 Å². The maximum absolute atomic E-state index is 12.4. The maximum Gasteiger partial charge on any atom is 0.243 e. The molecule has 1 aromatic heterocycles. The van der Waals surface area contributed by atoms with Crippen molar-refractivity contribution in [2.24, 2.45) is 0 Å². The summed E-state index contributed by atoms with van der Waals surface area (Å²) in [5, 5.41) is 3.78. The summed E-state index contributed by atoms with van der Waals surface area (Å²) < 4.78 is 1.14. The van der Waals surface area contributed by atoms with Gasteiger partial charge < -0.3 is 10.2 Å².